The first-order valence-corrected chi connectivity index (χ1v) is 7.92. The molecule has 0 bridgehead atoms. The summed E-state index contributed by atoms with van der Waals surface area (Å²) in [7, 11) is 0. The summed E-state index contributed by atoms with van der Waals surface area (Å²) in [6, 6.07) is 17.2. The maximum Gasteiger partial charge on any atom is 0.258 e. The molecular weight excluding hydrogens is 330 g/mol. The van der Waals surface area contributed by atoms with Crippen LogP contribution in [0.2, 0.25) is 0 Å². The molecule has 1 N–H and O–H groups in total. The Hall–Kier alpha value is -3.63. The summed E-state index contributed by atoms with van der Waals surface area (Å²) in [4.78, 5) is 39.9. The fourth-order valence-electron chi connectivity index (χ4n) is 2.25. The van der Waals surface area contributed by atoms with Crippen LogP contribution in [0.25, 0.3) is 0 Å². The van der Waals surface area contributed by atoms with Gasteiger partial charge in [0.2, 0.25) is 0 Å². The lowest BCUT2D eigenvalue weighted by atomic mass is 10.0. The third kappa shape index (κ3) is 4.47. The van der Waals surface area contributed by atoms with Crippen molar-refractivity contribution in [3.05, 3.63) is 77.9 Å². The molecule has 2 aromatic rings. The molecule has 6 nitrogen and oxygen atoms in total. The van der Waals surface area contributed by atoms with Crippen molar-refractivity contribution in [1.29, 1.82) is 5.41 Å². The maximum absolute atomic E-state index is 12.2. The van der Waals surface area contributed by atoms with E-state index in [-0.39, 0.29) is 17.6 Å². The average molecular weight is 347 g/mol. The van der Waals surface area contributed by atoms with Crippen LogP contribution >= 0.6 is 0 Å². The zero-order valence-electron chi connectivity index (χ0n) is 14.2. The summed E-state index contributed by atoms with van der Waals surface area (Å²) < 4.78 is 0. The molecule has 0 atom stereocenters. The minimum atomic E-state index is -0.373. The van der Waals surface area contributed by atoms with Crippen LogP contribution in [0.5, 0.6) is 0 Å². The van der Waals surface area contributed by atoms with Gasteiger partial charge in [-0.05, 0) is 31.2 Å². The molecule has 0 radical (unpaired) electrons. The molecule has 1 aliphatic heterocycles. The molecule has 6 heteroatoms. The number of aliphatic imine (C=N–C) groups is 1. The molecule has 0 spiro atoms. The Morgan fingerprint density at radius 2 is 1.50 bits per heavy atom. The summed E-state index contributed by atoms with van der Waals surface area (Å²) in [5.74, 6) is -0.844. The molecule has 2 amide bonds. The molecule has 1 aliphatic rings. The van der Waals surface area contributed by atoms with Crippen molar-refractivity contribution in [2.75, 3.05) is 11.4 Å². The van der Waals surface area contributed by atoms with Crippen molar-refractivity contribution in [2.45, 2.75) is 6.92 Å². The average Bonchev–Trinajstić information content (AvgIpc) is 3.01. The van der Waals surface area contributed by atoms with Gasteiger partial charge in [0.05, 0.1) is 11.7 Å². The predicted octanol–water partition coefficient (Wildman–Crippen LogP) is 3.11. The Kier molecular flexibility index (Phi) is 6.48. The largest absolute Gasteiger partial charge is 0.289 e. The van der Waals surface area contributed by atoms with Gasteiger partial charge in [-0.3, -0.25) is 14.4 Å². The van der Waals surface area contributed by atoms with Gasteiger partial charge in [-0.25, -0.2) is 15.3 Å². The molecule has 0 fully saturated rings. The standard InChI is InChI=1S/C17H11NO3.C3H6N2/c19-15-10-11-16(20)18(15)14-8-6-13(7-9-14)17(21)12-4-2-1-3-5-12;1-2-5-3-4/h1-11H;4H,2H2,1H3. The van der Waals surface area contributed by atoms with E-state index >= 15 is 0 Å². The molecule has 0 unspecified atom stereocenters. The molecule has 0 aromatic heterocycles. The lowest BCUT2D eigenvalue weighted by Gasteiger charge is -2.13. The monoisotopic (exact) mass is 347 g/mol. The summed E-state index contributed by atoms with van der Waals surface area (Å²) >= 11 is 0. The van der Waals surface area contributed by atoms with E-state index in [0.29, 0.717) is 23.4 Å². The fraction of sp³-hybridized carbons (Fsp3) is 0.100. The second kappa shape index (κ2) is 9.01. The number of anilines is 1. The molecule has 1 heterocycles. The van der Waals surface area contributed by atoms with E-state index in [4.69, 9.17) is 5.41 Å². The van der Waals surface area contributed by atoms with Crippen LogP contribution in [0, 0.1) is 5.41 Å². The third-order valence-corrected chi connectivity index (χ3v) is 3.47. The Balaban J connectivity index is 0.000000431. The number of benzene rings is 2. The van der Waals surface area contributed by atoms with Crippen LogP contribution < -0.4 is 4.90 Å². The highest BCUT2D eigenvalue weighted by Crippen LogP contribution is 2.20. The van der Waals surface area contributed by atoms with E-state index in [0.717, 1.165) is 4.90 Å². The van der Waals surface area contributed by atoms with E-state index in [1.807, 2.05) is 19.0 Å². The van der Waals surface area contributed by atoms with E-state index in [9.17, 15) is 14.4 Å². The smallest absolute Gasteiger partial charge is 0.258 e. The summed E-state index contributed by atoms with van der Waals surface area (Å²) in [6.45, 7) is 2.53. The molecule has 0 saturated heterocycles. The highest BCUT2D eigenvalue weighted by Gasteiger charge is 2.25. The predicted molar refractivity (Wildman–Crippen MR) is 98.6 cm³/mol. The van der Waals surface area contributed by atoms with Gasteiger partial charge >= 0.3 is 0 Å². The van der Waals surface area contributed by atoms with Crippen LogP contribution in [-0.2, 0) is 9.59 Å². The lowest BCUT2D eigenvalue weighted by molar-refractivity contribution is -0.119. The van der Waals surface area contributed by atoms with E-state index < -0.39 is 0 Å². The molecular formula is C20H17N3O3. The first-order valence-electron chi connectivity index (χ1n) is 7.92. The number of nitrogens with zero attached hydrogens (tertiary/aromatic N) is 2. The Labute approximate surface area is 151 Å². The first kappa shape index (κ1) is 18.7. The number of imide groups is 1. The summed E-state index contributed by atoms with van der Waals surface area (Å²) in [6.07, 6.45) is 2.46. The van der Waals surface area contributed by atoms with Gasteiger partial charge in [-0.1, -0.05) is 30.3 Å². The van der Waals surface area contributed by atoms with Gasteiger partial charge in [0, 0.05) is 29.8 Å². The molecule has 0 saturated carbocycles. The van der Waals surface area contributed by atoms with Crippen molar-refractivity contribution in [3.63, 3.8) is 0 Å². The van der Waals surface area contributed by atoms with E-state index in [1.165, 1.54) is 12.2 Å². The number of carbonyl (C=O) groups excluding carboxylic acids is 3. The van der Waals surface area contributed by atoms with Crippen LogP contribution in [-0.4, -0.2) is 30.2 Å². The van der Waals surface area contributed by atoms with E-state index in [1.54, 1.807) is 48.5 Å². The van der Waals surface area contributed by atoms with Crippen LogP contribution in [0.15, 0.2) is 71.7 Å². The molecule has 2 aromatic carbocycles. The zero-order valence-corrected chi connectivity index (χ0v) is 14.2. The van der Waals surface area contributed by atoms with Crippen molar-refractivity contribution >= 4 is 29.3 Å². The number of ketones is 1. The van der Waals surface area contributed by atoms with Gasteiger partial charge in [0.25, 0.3) is 11.8 Å². The minimum Gasteiger partial charge on any atom is -0.289 e. The highest BCUT2D eigenvalue weighted by atomic mass is 16.2. The first-order chi connectivity index (χ1) is 12.6. The maximum atomic E-state index is 12.2. The van der Waals surface area contributed by atoms with Crippen LogP contribution in [0.1, 0.15) is 22.8 Å². The van der Waals surface area contributed by atoms with Gasteiger partial charge in [0.1, 0.15) is 0 Å². The quantitative estimate of drug-likeness (QED) is 0.523. The van der Waals surface area contributed by atoms with Gasteiger partial charge in [0.15, 0.2) is 5.78 Å². The Morgan fingerprint density at radius 3 is 1.96 bits per heavy atom. The SMILES string of the molecule is CCN=C=N.O=C(c1ccccc1)c1ccc(N2C(=O)C=CC2=O)cc1. The molecule has 130 valence electrons. The minimum absolute atomic E-state index is 0.0978. The van der Waals surface area contributed by atoms with Gasteiger partial charge in [-0.2, -0.15) is 0 Å². The zero-order chi connectivity index (χ0) is 18.9. The second-order valence-corrected chi connectivity index (χ2v) is 5.17. The normalized spacial score (nSPS) is 12.3. The summed E-state index contributed by atoms with van der Waals surface area (Å²) in [5.41, 5.74) is 1.57. The topological polar surface area (TPSA) is 90.7 Å². The van der Waals surface area contributed by atoms with Crippen molar-refractivity contribution in [1.82, 2.24) is 0 Å². The number of rotatable bonds is 4. The second-order valence-electron chi connectivity index (χ2n) is 5.17. The number of carbonyl (C=O) groups is 3. The van der Waals surface area contributed by atoms with Gasteiger partial charge < -0.3 is 0 Å². The molecule has 0 aliphatic carbocycles. The number of nitrogens with one attached hydrogen (secondary N) is 1. The van der Waals surface area contributed by atoms with Crippen LogP contribution in [0.4, 0.5) is 5.69 Å². The number of hydrogen-bond acceptors (Lipinski definition) is 5. The van der Waals surface area contributed by atoms with Gasteiger partial charge in [-0.15, -0.1) is 0 Å². The van der Waals surface area contributed by atoms with Crippen molar-refractivity contribution < 1.29 is 14.4 Å². The van der Waals surface area contributed by atoms with Crippen LogP contribution in [0.3, 0.4) is 0 Å². The Morgan fingerprint density at radius 1 is 0.962 bits per heavy atom. The summed E-state index contributed by atoms with van der Waals surface area (Å²) in [5, 5.41) is 6.19. The fourth-order valence-corrected chi connectivity index (χ4v) is 2.25. The van der Waals surface area contributed by atoms with E-state index in [2.05, 4.69) is 4.99 Å². The number of hydrogen-bond donors (Lipinski definition) is 1. The van der Waals surface area contributed by atoms with Crippen molar-refractivity contribution in [3.8, 4) is 0 Å². The third-order valence-electron chi connectivity index (χ3n) is 3.47. The molecule has 26 heavy (non-hydrogen) atoms. The highest BCUT2D eigenvalue weighted by molar-refractivity contribution is 6.28. The lowest BCUT2D eigenvalue weighted by Crippen LogP contribution is -2.29. The number of amides is 2. The Bertz CT molecular complexity index is 862. The van der Waals surface area contributed by atoms with Crippen molar-refractivity contribution in [2.24, 2.45) is 4.99 Å². The molecule has 3 rings (SSSR count).